The first-order valence-electron chi connectivity index (χ1n) is 8.52. The van der Waals surface area contributed by atoms with Gasteiger partial charge in [-0.05, 0) is 48.4 Å². The zero-order chi connectivity index (χ0) is 20.1. The van der Waals surface area contributed by atoms with Crippen LogP contribution in [-0.4, -0.2) is 15.9 Å². The van der Waals surface area contributed by atoms with Crippen LogP contribution in [0, 0.1) is 0 Å². The summed E-state index contributed by atoms with van der Waals surface area (Å²) in [4.78, 5) is 20.4. The maximum absolute atomic E-state index is 12.6. The molecular weight excluding hydrogens is 369 g/mol. The molecule has 8 heteroatoms. The number of hydrogen-bond acceptors (Lipinski definition) is 4. The molecule has 3 rings (SSSR count). The van der Waals surface area contributed by atoms with E-state index < -0.39 is 17.6 Å². The second kappa shape index (κ2) is 8.08. The van der Waals surface area contributed by atoms with E-state index in [2.05, 4.69) is 27.5 Å². The number of aryl methyl sites for hydroxylation is 1. The molecule has 0 unspecified atom stereocenters. The van der Waals surface area contributed by atoms with Crippen molar-refractivity contribution in [3.63, 3.8) is 0 Å². The smallest absolute Gasteiger partial charge is 0.324 e. The zero-order valence-electron chi connectivity index (χ0n) is 14.9. The molecular formula is C20H17F3N4O. The molecule has 5 nitrogen and oxygen atoms in total. The van der Waals surface area contributed by atoms with Crippen LogP contribution in [0.4, 0.5) is 30.5 Å². The van der Waals surface area contributed by atoms with E-state index in [4.69, 9.17) is 0 Å². The molecule has 0 aliphatic rings. The lowest BCUT2D eigenvalue weighted by Gasteiger charge is -2.09. The predicted octanol–water partition coefficient (Wildman–Crippen LogP) is 5.05. The van der Waals surface area contributed by atoms with Gasteiger partial charge < -0.3 is 10.6 Å². The van der Waals surface area contributed by atoms with Gasteiger partial charge in [0, 0.05) is 23.8 Å². The summed E-state index contributed by atoms with van der Waals surface area (Å²) in [6.07, 6.45) is -0.792. The Bertz CT molecular complexity index is 937. The summed E-state index contributed by atoms with van der Waals surface area (Å²) < 4.78 is 37.7. The van der Waals surface area contributed by atoms with Crippen LogP contribution < -0.4 is 10.6 Å². The summed E-state index contributed by atoms with van der Waals surface area (Å²) >= 11 is 0. The second-order valence-electron chi connectivity index (χ2n) is 6.00. The summed E-state index contributed by atoms with van der Waals surface area (Å²) in [6, 6.07) is 12.0. The van der Waals surface area contributed by atoms with Gasteiger partial charge in [-0.3, -0.25) is 4.79 Å². The Morgan fingerprint density at radius 1 is 0.929 bits per heavy atom. The molecule has 28 heavy (non-hydrogen) atoms. The highest BCUT2D eigenvalue weighted by atomic mass is 19.4. The van der Waals surface area contributed by atoms with Crippen LogP contribution in [0.2, 0.25) is 0 Å². The molecule has 2 N–H and O–H groups in total. The molecule has 1 amide bonds. The Morgan fingerprint density at radius 3 is 2.04 bits per heavy atom. The fraction of sp³-hybridized carbons (Fsp3) is 0.150. The number of anilines is 3. The third-order valence-electron chi connectivity index (χ3n) is 4.00. The number of rotatable bonds is 5. The molecule has 0 radical (unpaired) electrons. The van der Waals surface area contributed by atoms with Crippen molar-refractivity contribution >= 4 is 23.2 Å². The number of hydrogen-bond donors (Lipinski definition) is 2. The van der Waals surface area contributed by atoms with E-state index in [0.29, 0.717) is 5.95 Å². The number of nitrogens with zero attached hydrogens (tertiary/aromatic N) is 2. The highest BCUT2D eigenvalue weighted by Crippen LogP contribution is 2.29. The van der Waals surface area contributed by atoms with Crippen molar-refractivity contribution < 1.29 is 18.0 Å². The minimum absolute atomic E-state index is 0.187. The monoisotopic (exact) mass is 386 g/mol. The number of nitrogens with one attached hydrogen (secondary N) is 2. The quantitative estimate of drug-likeness (QED) is 0.644. The minimum atomic E-state index is -4.42. The van der Waals surface area contributed by atoms with Gasteiger partial charge >= 0.3 is 6.18 Å². The molecule has 1 aromatic heterocycles. The summed E-state index contributed by atoms with van der Waals surface area (Å²) in [5.41, 5.74) is 1.68. The third kappa shape index (κ3) is 4.85. The molecule has 0 saturated heterocycles. The first-order valence-corrected chi connectivity index (χ1v) is 8.52. The van der Waals surface area contributed by atoms with E-state index in [0.717, 1.165) is 24.2 Å². The Morgan fingerprint density at radius 2 is 1.50 bits per heavy atom. The molecule has 1 heterocycles. The number of carbonyl (C=O) groups is 1. The molecule has 0 fully saturated rings. The minimum Gasteiger partial charge on any atom is -0.324 e. The highest BCUT2D eigenvalue weighted by Gasteiger charge is 2.30. The van der Waals surface area contributed by atoms with E-state index in [1.165, 1.54) is 30.1 Å². The lowest BCUT2D eigenvalue weighted by Crippen LogP contribution is -2.13. The van der Waals surface area contributed by atoms with E-state index in [-0.39, 0.29) is 11.3 Å². The average molecular weight is 386 g/mol. The lowest BCUT2D eigenvalue weighted by atomic mass is 10.1. The van der Waals surface area contributed by atoms with Gasteiger partial charge in [0.15, 0.2) is 0 Å². The number of benzene rings is 2. The van der Waals surface area contributed by atoms with Gasteiger partial charge in [0.2, 0.25) is 5.95 Å². The molecule has 0 atom stereocenters. The van der Waals surface area contributed by atoms with Crippen molar-refractivity contribution in [1.82, 2.24) is 9.97 Å². The SMILES string of the molecule is CCc1ccc(Nc2ncc(C(=O)Nc3ccc(C(F)(F)F)cc3)cn2)cc1. The molecule has 0 aliphatic carbocycles. The zero-order valence-corrected chi connectivity index (χ0v) is 14.9. The standard InChI is InChI=1S/C20H17F3N4O/c1-2-13-3-7-17(8-4-13)27-19-24-11-14(12-25-19)18(28)26-16-9-5-15(6-10-16)20(21,22)23/h3-12H,2H2,1H3,(H,26,28)(H,24,25,27). The molecule has 2 aromatic carbocycles. The van der Waals surface area contributed by atoms with Gasteiger partial charge in [-0.2, -0.15) is 13.2 Å². The number of aromatic nitrogens is 2. The number of alkyl halides is 3. The van der Waals surface area contributed by atoms with Gasteiger partial charge in [0.25, 0.3) is 5.91 Å². The number of halogens is 3. The van der Waals surface area contributed by atoms with Gasteiger partial charge in [0.05, 0.1) is 11.1 Å². The maximum Gasteiger partial charge on any atom is 0.416 e. The molecule has 0 spiro atoms. The van der Waals surface area contributed by atoms with Crippen LogP contribution in [0.1, 0.15) is 28.4 Å². The van der Waals surface area contributed by atoms with Crippen molar-refractivity contribution in [3.05, 3.63) is 77.6 Å². The Labute approximate surface area is 159 Å². The fourth-order valence-electron chi connectivity index (χ4n) is 2.41. The van der Waals surface area contributed by atoms with Crippen LogP contribution in [0.3, 0.4) is 0 Å². The van der Waals surface area contributed by atoms with Crippen molar-refractivity contribution in [2.75, 3.05) is 10.6 Å². The molecule has 144 valence electrons. The number of carbonyl (C=O) groups excluding carboxylic acids is 1. The van der Waals surface area contributed by atoms with Crippen LogP contribution in [0.25, 0.3) is 0 Å². The fourth-order valence-corrected chi connectivity index (χ4v) is 2.41. The predicted molar refractivity (Wildman–Crippen MR) is 101 cm³/mol. The normalized spacial score (nSPS) is 11.1. The first-order chi connectivity index (χ1) is 13.3. The van der Waals surface area contributed by atoms with Crippen LogP contribution in [-0.2, 0) is 12.6 Å². The average Bonchev–Trinajstić information content (AvgIpc) is 2.69. The highest BCUT2D eigenvalue weighted by molar-refractivity contribution is 6.03. The summed E-state index contributed by atoms with van der Waals surface area (Å²) in [5, 5.41) is 5.54. The largest absolute Gasteiger partial charge is 0.416 e. The second-order valence-corrected chi connectivity index (χ2v) is 6.00. The van der Waals surface area contributed by atoms with E-state index in [9.17, 15) is 18.0 Å². The van der Waals surface area contributed by atoms with Crippen LogP contribution >= 0.6 is 0 Å². The molecule has 3 aromatic rings. The topological polar surface area (TPSA) is 66.9 Å². The lowest BCUT2D eigenvalue weighted by molar-refractivity contribution is -0.137. The van der Waals surface area contributed by atoms with Crippen molar-refractivity contribution in [3.8, 4) is 0 Å². The van der Waals surface area contributed by atoms with Crippen molar-refractivity contribution in [1.29, 1.82) is 0 Å². The van der Waals surface area contributed by atoms with Gasteiger partial charge in [-0.1, -0.05) is 19.1 Å². The Hall–Kier alpha value is -3.42. The van der Waals surface area contributed by atoms with Crippen molar-refractivity contribution in [2.24, 2.45) is 0 Å². The van der Waals surface area contributed by atoms with Gasteiger partial charge in [0.1, 0.15) is 0 Å². The van der Waals surface area contributed by atoms with Gasteiger partial charge in [-0.25, -0.2) is 9.97 Å². The summed E-state index contributed by atoms with van der Waals surface area (Å²) in [6.45, 7) is 2.07. The molecule has 0 saturated carbocycles. The Balaban J connectivity index is 1.63. The van der Waals surface area contributed by atoms with E-state index in [1.54, 1.807) is 0 Å². The maximum atomic E-state index is 12.6. The summed E-state index contributed by atoms with van der Waals surface area (Å²) in [5.74, 6) is -0.186. The van der Waals surface area contributed by atoms with E-state index >= 15 is 0 Å². The van der Waals surface area contributed by atoms with E-state index in [1.807, 2.05) is 24.3 Å². The van der Waals surface area contributed by atoms with Crippen molar-refractivity contribution in [2.45, 2.75) is 19.5 Å². The summed E-state index contributed by atoms with van der Waals surface area (Å²) in [7, 11) is 0. The number of amides is 1. The molecule has 0 aliphatic heterocycles. The van der Waals surface area contributed by atoms with Crippen LogP contribution in [0.15, 0.2) is 60.9 Å². The third-order valence-corrected chi connectivity index (χ3v) is 4.00. The van der Waals surface area contributed by atoms with Crippen LogP contribution in [0.5, 0.6) is 0 Å². The molecule has 0 bridgehead atoms. The van der Waals surface area contributed by atoms with Gasteiger partial charge in [-0.15, -0.1) is 0 Å². The Kier molecular flexibility index (Phi) is 5.58. The first kappa shape index (κ1) is 19.3.